The van der Waals surface area contributed by atoms with Gasteiger partial charge in [0.05, 0.1) is 0 Å². The zero-order valence-corrected chi connectivity index (χ0v) is 6.19. The summed E-state index contributed by atoms with van der Waals surface area (Å²) in [5.41, 5.74) is 0. The number of rotatable bonds is 4. The highest BCUT2D eigenvalue weighted by atomic mass is 32.1. The lowest BCUT2D eigenvalue weighted by atomic mass is 10.2. The molecule has 9 heavy (non-hydrogen) atoms. The van der Waals surface area contributed by atoms with Crippen LogP contribution in [0.3, 0.4) is 0 Å². The van der Waals surface area contributed by atoms with Gasteiger partial charge in [0.15, 0.2) is 0 Å². The lowest BCUT2D eigenvalue weighted by Crippen LogP contribution is -2.30. The fourth-order valence-corrected chi connectivity index (χ4v) is 0.771. The lowest BCUT2D eigenvalue weighted by Gasteiger charge is -2.06. The summed E-state index contributed by atoms with van der Waals surface area (Å²) in [7, 11) is 0. The summed E-state index contributed by atoms with van der Waals surface area (Å²) in [6.07, 6.45) is 1.48. The van der Waals surface area contributed by atoms with Gasteiger partial charge in [-0.15, -0.1) is 0 Å². The van der Waals surface area contributed by atoms with Crippen molar-refractivity contribution >= 4 is 18.8 Å². The predicted octanol–water partition coefficient (Wildman–Crippen LogP) is 0.674. The number of aliphatic carboxylic acids is 1. The Hall–Kier alpha value is -0.220. The molecule has 3 nitrogen and oxygen atoms in total. The van der Waals surface area contributed by atoms with Gasteiger partial charge in [-0.3, -0.25) is 9.52 Å². The lowest BCUT2D eigenvalue weighted by molar-refractivity contribution is -0.139. The van der Waals surface area contributed by atoms with Crippen LogP contribution in [-0.4, -0.2) is 17.1 Å². The number of nitrogens with one attached hydrogen (secondary N) is 1. The van der Waals surface area contributed by atoms with Gasteiger partial charge in [-0.2, -0.15) is 0 Å². The molecule has 54 valence electrons. The van der Waals surface area contributed by atoms with E-state index in [-0.39, 0.29) is 0 Å². The molecule has 0 amide bonds. The zero-order chi connectivity index (χ0) is 7.28. The molecule has 0 saturated carbocycles. The Morgan fingerprint density at radius 2 is 2.44 bits per heavy atom. The van der Waals surface area contributed by atoms with E-state index in [0.29, 0.717) is 6.42 Å². The average Bonchev–Trinajstić information content (AvgIpc) is 1.82. The average molecular weight is 149 g/mol. The zero-order valence-electron chi connectivity index (χ0n) is 5.29. The van der Waals surface area contributed by atoms with Crippen molar-refractivity contribution in [2.75, 3.05) is 0 Å². The number of thiol groups is 1. The third kappa shape index (κ3) is 3.37. The molecule has 0 aromatic rings. The van der Waals surface area contributed by atoms with Gasteiger partial charge >= 0.3 is 5.97 Å². The highest BCUT2D eigenvalue weighted by Crippen LogP contribution is 1.96. The number of hydrogen-bond donors (Lipinski definition) is 3. The Kier molecular flexibility index (Phi) is 4.53. The smallest absolute Gasteiger partial charge is 0.321 e. The SMILES string of the molecule is CCCC(NS)C(=O)O. The van der Waals surface area contributed by atoms with Gasteiger partial charge in [0, 0.05) is 0 Å². The predicted molar refractivity (Wildman–Crippen MR) is 38.5 cm³/mol. The molecule has 0 heterocycles. The molecule has 0 radical (unpaired) electrons. The molecular formula is C5H11NO2S. The van der Waals surface area contributed by atoms with Gasteiger partial charge < -0.3 is 5.11 Å². The first-order chi connectivity index (χ1) is 4.22. The first kappa shape index (κ1) is 8.78. The second-order valence-corrected chi connectivity index (χ2v) is 2.07. The van der Waals surface area contributed by atoms with E-state index in [1.54, 1.807) is 0 Å². The number of carboxylic acid groups (broad SMARTS) is 1. The van der Waals surface area contributed by atoms with E-state index in [9.17, 15) is 4.79 Å². The normalized spacial score (nSPS) is 13.1. The second-order valence-electron chi connectivity index (χ2n) is 1.81. The quantitative estimate of drug-likeness (QED) is 0.515. The van der Waals surface area contributed by atoms with Gasteiger partial charge in [0.1, 0.15) is 6.04 Å². The van der Waals surface area contributed by atoms with Crippen LogP contribution in [0.4, 0.5) is 0 Å². The largest absolute Gasteiger partial charge is 0.480 e. The molecule has 0 aliphatic carbocycles. The van der Waals surface area contributed by atoms with Crippen LogP contribution >= 0.6 is 12.8 Å². The Morgan fingerprint density at radius 1 is 1.89 bits per heavy atom. The van der Waals surface area contributed by atoms with Crippen molar-refractivity contribution in [2.24, 2.45) is 0 Å². The standard InChI is InChI=1S/C5H11NO2S/c1-2-3-4(6-9)5(7)8/h4,6,9H,2-3H2,1H3,(H,7,8). The number of hydrogen-bond acceptors (Lipinski definition) is 3. The van der Waals surface area contributed by atoms with Crippen molar-refractivity contribution in [1.82, 2.24) is 4.72 Å². The van der Waals surface area contributed by atoms with Crippen LogP contribution in [0.5, 0.6) is 0 Å². The van der Waals surface area contributed by atoms with E-state index < -0.39 is 12.0 Å². The topological polar surface area (TPSA) is 49.3 Å². The Bertz CT molecular complexity index is 97.0. The molecule has 0 rings (SSSR count). The minimum atomic E-state index is -0.841. The first-order valence-corrected chi connectivity index (χ1v) is 3.29. The molecule has 1 unspecified atom stereocenters. The van der Waals surface area contributed by atoms with E-state index >= 15 is 0 Å². The van der Waals surface area contributed by atoms with Crippen LogP contribution < -0.4 is 4.72 Å². The van der Waals surface area contributed by atoms with Gasteiger partial charge in [-0.25, -0.2) is 0 Å². The molecule has 1 atom stereocenters. The fourth-order valence-electron chi connectivity index (χ4n) is 0.532. The Balaban J connectivity index is 3.54. The van der Waals surface area contributed by atoms with Crippen LogP contribution in [0.2, 0.25) is 0 Å². The van der Waals surface area contributed by atoms with Gasteiger partial charge in [-0.1, -0.05) is 26.2 Å². The van der Waals surface area contributed by atoms with Gasteiger partial charge in [0.2, 0.25) is 0 Å². The third-order valence-electron chi connectivity index (χ3n) is 1.03. The maximum absolute atomic E-state index is 10.2. The van der Waals surface area contributed by atoms with Crippen LogP contribution in [0.25, 0.3) is 0 Å². The molecule has 4 heteroatoms. The summed E-state index contributed by atoms with van der Waals surface area (Å²) < 4.78 is 2.40. The molecule has 0 aromatic carbocycles. The van der Waals surface area contributed by atoms with Crippen LogP contribution in [-0.2, 0) is 4.79 Å². The van der Waals surface area contributed by atoms with Gasteiger partial charge in [0.25, 0.3) is 0 Å². The second kappa shape index (κ2) is 4.64. The van der Waals surface area contributed by atoms with Crippen LogP contribution in [0, 0.1) is 0 Å². The molecule has 0 fully saturated rings. The summed E-state index contributed by atoms with van der Waals surface area (Å²) in [4.78, 5) is 10.2. The van der Waals surface area contributed by atoms with Crippen LogP contribution in [0.15, 0.2) is 0 Å². The summed E-state index contributed by atoms with van der Waals surface area (Å²) >= 11 is 3.66. The van der Waals surface area contributed by atoms with Crippen molar-refractivity contribution in [3.63, 3.8) is 0 Å². The van der Waals surface area contributed by atoms with E-state index in [4.69, 9.17) is 5.11 Å². The monoisotopic (exact) mass is 149 g/mol. The third-order valence-corrected chi connectivity index (χ3v) is 1.34. The summed E-state index contributed by atoms with van der Waals surface area (Å²) in [6, 6.07) is -0.502. The Labute approximate surface area is 60.0 Å². The Morgan fingerprint density at radius 3 is 2.56 bits per heavy atom. The number of carbonyl (C=O) groups is 1. The van der Waals surface area contributed by atoms with Crippen molar-refractivity contribution in [3.05, 3.63) is 0 Å². The van der Waals surface area contributed by atoms with Crippen molar-refractivity contribution in [1.29, 1.82) is 0 Å². The van der Waals surface area contributed by atoms with E-state index in [0.717, 1.165) is 6.42 Å². The van der Waals surface area contributed by atoms with Crippen molar-refractivity contribution < 1.29 is 9.90 Å². The molecule has 0 spiro atoms. The van der Waals surface area contributed by atoms with E-state index in [1.165, 1.54) is 0 Å². The summed E-state index contributed by atoms with van der Waals surface area (Å²) in [5, 5.41) is 8.39. The molecule has 0 saturated heterocycles. The van der Waals surface area contributed by atoms with Crippen molar-refractivity contribution in [3.8, 4) is 0 Å². The molecule has 2 N–H and O–H groups in total. The maximum Gasteiger partial charge on any atom is 0.321 e. The highest BCUT2D eigenvalue weighted by molar-refractivity contribution is 7.78. The molecule has 0 aromatic heterocycles. The summed E-state index contributed by atoms with van der Waals surface area (Å²) in [5.74, 6) is -0.841. The maximum atomic E-state index is 10.2. The highest BCUT2D eigenvalue weighted by Gasteiger charge is 2.12. The summed E-state index contributed by atoms with van der Waals surface area (Å²) in [6.45, 7) is 1.93. The van der Waals surface area contributed by atoms with E-state index in [2.05, 4.69) is 17.5 Å². The number of carboxylic acids is 1. The molecule has 0 aliphatic rings. The van der Waals surface area contributed by atoms with Gasteiger partial charge in [-0.05, 0) is 6.42 Å². The van der Waals surface area contributed by atoms with E-state index in [1.807, 2.05) is 6.92 Å². The van der Waals surface area contributed by atoms with Crippen LogP contribution in [0.1, 0.15) is 19.8 Å². The minimum Gasteiger partial charge on any atom is -0.480 e. The molecule has 0 aliphatic heterocycles. The minimum absolute atomic E-state index is 0.502. The molecular weight excluding hydrogens is 138 g/mol. The van der Waals surface area contributed by atoms with Crippen molar-refractivity contribution in [2.45, 2.75) is 25.8 Å². The fraction of sp³-hybridized carbons (Fsp3) is 0.800. The first-order valence-electron chi connectivity index (χ1n) is 2.84. The molecule has 0 bridgehead atoms.